The van der Waals surface area contributed by atoms with E-state index in [1.807, 2.05) is 0 Å². The van der Waals surface area contributed by atoms with Gasteiger partial charge in [-0.2, -0.15) is 0 Å². The van der Waals surface area contributed by atoms with Crippen LogP contribution in [0.3, 0.4) is 0 Å². The highest BCUT2D eigenvalue weighted by Crippen LogP contribution is 2.03. The van der Waals surface area contributed by atoms with Crippen molar-refractivity contribution >= 4 is 0 Å². The van der Waals surface area contributed by atoms with E-state index in [2.05, 4.69) is 111 Å². The maximum absolute atomic E-state index is 5.46. The molecule has 4 heteroatoms. The summed E-state index contributed by atoms with van der Waals surface area (Å²) in [7, 11) is 0. The Morgan fingerprint density at radius 3 is 0.872 bits per heavy atom. The lowest BCUT2D eigenvalue weighted by Gasteiger charge is -2.08. The van der Waals surface area contributed by atoms with Crippen LogP contribution in [-0.4, -0.2) is 52.4 Å². The van der Waals surface area contributed by atoms with Gasteiger partial charge in [-0.1, -0.05) is 96.9 Å². The third-order valence-electron chi connectivity index (χ3n) is 5.02. The molecule has 0 saturated heterocycles. The molecule has 0 spiro atoms. The Bertz CT molecular complexity index is 361. The lowest BCUT2D eigenvalue weighted by molar-refractivity contribution is 0.0710. The first kappa shape index (κ1) is 45.8. The van der Waals surface area contributed by atoms with E-state index in [0.29, 0.717) is 23.9 Å². The molecule has 4 nitrogen and oxygen atoms in total. The van der Waals surface area contributed by atoms with Crippen LogP contribution in [0.4, 0.5) is 0 Å². The highest BCUT2D eigenvalue weighted by molar-refractivity contribution is 4.47. The molecule has 0 aromatic rings. The molecule has 0 fully saturated rings. The quantitative estimate of drug-likeness (QED) is 0.147. The molecule has 242 valence electrons. The van der Waals surface area contributed by atoms with Crippen LogP contribution in [0.5, 0.6) is 0 Å². The van der Waals surface area contributed by atoms with Crippen molar-refractivity contribution in [3.05, 3.63) is 0 Å². The van der Waals surface area contributed by atoms with Crippen molar-refractivity contribution in [2.24, 2.45) is 41.4 Å². The third-order valence-corrected chi connectivity index (χ3v) is 5.02. The van der Waals surface area contributed by atoms with Gasteiger partial charge in [0.15, 0.2) is 0 Å². The maximum atomic E-state index is 5.46. The average Bonchev–Trinajstić information content (AvgIpc) is 2.76. The Labute approximate surface area is 249 Å². The van der Waals surface area contributed by atoms with Crippen molar-refractivity contribution in [2.45, 2.75) is 143 Å². The standard InChI is InChI=1S/C10H22O.C9H20O.2C8H18O/c1-9(2)5-7-11-8-6-10(3)4;1-8(2)5-6-10-7-9(3)4;1-7(2)5-9-6-8(3)4;1-7(2)5-6-9-8(3)4/h9-10H,5-8H2,1-4H3;8-9H,5-7H2,1-4H3;2*7-8H,5-6H2,1-4H3. The molecule has 0 atom stereocenters. The van der Waals surface area contributed by atoms with E-state index in [1.165, 1.54) is 25.7 Å². The molecule has 0 rings (SSSR count). The summed E-state index contributed by atoms with van der Waals surface area (Å²) in [6.45, 7) is 41.4. The molecule has 0 unspecified atom stereocenters. The van der Waals surface area contributed by atoms with Crippen LogP contribution in [0.25, 0.3) is 0 Å². The van der Waals surface area contributed by atoms with Gasteiger partial charge in [-0.3, -0.25) is 0 Å². The highest BCUT2D eigenvalue weighted by Gasteiger charge is 1.98. The van der Waals surface area contributed by atoms with E-state index >= 15 is 0 Å². The molecule has 39 heavy (non-hydrogen) atoms. The molecular formula is C35H78O4. The number of hydrogen-bond donors (Lipinski definition) is 0. The summed E-state index contributed by atoms with van der Waals surface area (Å²) < 4.78 is 21.6. The van der Waals surface area contributed by atoms with Gasteiger partial charge in [-0.15, -0.1) is 0 Å². The SMILES string of the molecule is CC(C)CCOC(C)C.CC(C)CCOCC(C)C.CC(C)CCOCCC(C)C.CC(C)COCC(C)C. The lowest BCUT2D eigenvalue weighted by Crippen LogP contribution is -2.06. The van der Waals surface area contributed by atoms with Crippen LogP contribution < -0.4 is 0 Å². The van der Waals surface area contributed by atoms with Crippen molar-refractivity contribution in [2.75, 3.05) is 46.2 Å². The first-order valence-corrected chi connectivity index (χ1v) is 16.4. The fraction of sp³-hybridized carbons (Fsp3) is 1.00. The number of hydrogen-bond acceptors (Lipinski definition) is 4. The molecule has 0 N–H and O–H groups in total. The van der Waals surface area contributed by atoms with Gasteiger partial charge in [-0.05, 0) is 81.0 Å². The lowest BCUT2D eigenvalue weighted by atomic mass is 10.1. The Balaban J connectivity index is -0.000000210. The van der Waals surface area contributed by atoms with Crippen LogP contribution >= 0.6 is 0 Å². The van der Waals surface area contributed by atoms with Gasteiger partial charge in [0.1, 0.15) is 0 Å². The zero-order valence-electron chi connectivity index (χ0n) is 30.0. The fourth-order valence-corrected chi connectivity index (χ4v) is 2.46. The van der Waals surface area contributed by atoms with E-state index in [4.69, 9.17) is 18.9 Å². The van der Waals surface area contributed by atoms with Crippen molar-refractivity contribution in [3.63, 3.8) is 0 Å². The van der Waals surface area contributed by atoms with Gasteiger partial charge >= 0.3 is 0 Å². The minimum atomic E-state index is 0.392. The van der Waals surface area contributed by atoms with Gasteiger partial charge in [0.05, 0.1) is 6.10 Å². The van der Waals surface area contributed by atoms with Gasteiger partial charge < -0.3 is 18.9 Å². The van der Waals surface area contributed by atoms with Crippen LogP contribution in [0.2, 0.25) is 0 Å². The first-order chi connectivity index (χ1) is 18.0. The van der Waals surface area contributed by atoms with Crippen LogP contribution in [0.15, 0.2) is 0 Å². The summed E-state index contributed by atoms with van der Waals surface area (Å²) >= 11 is 0. The van der Waals surface area contributed by atoms with E-state index in [1.54, 1.807) is 0 Å². The smallest absolute Gasteiger partial charge is 0.0518 e. The van der Waals surface area contributed by atoms with Gasteiger partial charge in [0.25, 0.3) is 0 Å². The van der Waals surface area contributed by atoms with E-state index in [0.717, 1.165) is 69.9 Å². The highest BCUT2D eigenvalue weighted by atomic mass is 16.5. The van der Waals surface area contributed by atoms with Crippen molar-refractivity contribution < 1.29 is 18.9 Å². The summed E-state index contributed by atoms with van der Waals surface area (Å²) in [5, 5.41) is 0. The van der Waals surface area contributed by atoms with Gasteiger partial charge in [-0.25, -0.2) is 0 Å². The third kappa shape index (κ3) is 67.5. The molecule has 0 saturated carbocycles. The van der Waals surface area contributed by atoms with Crippen LogP contribution in [-0.2, 0) is 18.9 Å². The molecule has 0 amide bonds. The molecular weight excluding hydrogens is 484 g/mol. The van der Waals surface area contributed by atoms with Crippen LogP contribution in [0, 0.1) is 41.4 Å². The summed E-state index contributed by atoms with van der Waals surface area (Å²) in [4.78, 5) is 0. The molecule has 0 aromatic carbocycles. The second kappa shape index (κ2) is 34.0. The van der Waals surface area contributed by atoms with Crippen LogP contribution in [0.1, 0.15) is 136 Å². The van der Waals surface area contributed by atoms with E-state index in [-0.39, 0.29) is 0 Å². The minimum Gasteiger partial charge on any atom is -0.381 e. The molecule has 0 bridgehead atoms. The molecule has 0 aromatic heterocycles. The van der Waals surface area contributed by atoms with E-state index in [9.17, 15) is 0 Å². The topological polar surface area (TPSA) is 36.9 Å². The number of ether oxygens (including phenoxy) is 4. The monoisotopic (exact) mass is 563 g/mol. The van der Waals surface area contributed by atoms with Crippen molar-refractivity contribution in [3.8, 4) is 0 Å². The predicted octanol–water partition coefficient (Wildman–Crippen LogP) is 10.6. The first-order valence-electron chi connectivity index (χ1n) is 16.4. The number of rotatable bonds is 19. The largest absolute Gasteiger partial charge is 0.381 e. The zero-order valence-corrected chi connectivity index (χ0v) is 30.0. The predicted molar refractivity (Wildman–Crippen MR) is 176 cm³/mol. The zero-order chi connectivity index (χ0) is 31.2. The normalized spacial score (nSPS) is 11.4. The second-order valence-electron chi connectivity index (χ2n) is 14.1. The Morgan fingerprint density at radius 2 is 0.590 bits per heavy atom. The Morgan fingerprint density at radius 1 is 0.308 bits per heavy atom. The van der Waals surface area contributed by atoms with Gasteiger partial charge in [0.2, 0.25) is 0 Å². The van der Waals surface area contributed by atoms with Gasteiger partial charge in [0, 0.05) is 46.2 Å². The summed E-state index contributed by atoms with van der Waals surface area (Å²) in [6, 6.07) is 0. The molecule has 0 radical (unpaired) electrons. The Kier molecular flexibility index (Phi) is 40.0. The maximum Gasteiger partial charge on any atom is 0.0518 e. The minimum absolute atomic E-state index is 0.392. The van der Waals surface area contributed by atoms with Crippen molar-refractivity contribution in [1.82, 2.24) is 0 Å². The molecule has 0 heterocycles. The Hall–Kier alpha value is -0.160. The van der Waals surface area contributed by atoms with Crippen molar-refractivity contribution in [1.29, 1.82) is 0 Å². The summed E-state index contributed by atoms with van der Waals surface area (Å²) in [6.07, 6.45) is 5.14. The summed E-state index contributed by atoms with van der Waals surface area (Å²) in [5.74, 6) is 5.10. The summed E-state index contributed by atoms with van der Waals surface area (Å²) in [5.41, 5.74) is 0. The molecule has 0 aliphatic rings. The molecule has 0 aliphatic carbocycles. The fourth-order valence-electron chi connectivity index (χ4n) is 2.46. The van der Waals surface area contributed by atoms with E-state index < -0.39 is 0 Å². The second-order valence-corrected chi connectivity index (χ2v) is 14.1. The average molecular weight is 563 g/mol. The molecule has 0 aliphatic heterocycles.